The molecular weight excluding hydrogens is 278 g/mol. The monoisotopic (exact) mass is 291 g/mol. The lowest BCUT2D eigenvalue weighted by molar-refractivity contribution is -0.116. The predicted octanol–water partition coefficient (Wildman–Crippen LogP) is 2.15. The molecular formula is C14H14ClN3O2. The molecule has 1 aromatic heterocycles. The minimum Gasteiger partial charge on any atom is -0.325 e. The van der Waals surface area contributed by atoms with E-state index < -0.39 is 0 Å². The zero-order chi connectivity index (χ0) is 14.7. The van der Waals surface area contributed by atoms with Crippen LogP contribution in [0.3, 0.4) is 0 Å². The van der Waals surface area contributed by atoms with Gasteiger partial charge in [0.1, 0.15) is 17.5 Å². The molecule has 2 rings (SSSR count). The lowest BCUT2D eigenvalue weighted by atomic mass is 10.2. The molecule has 0 saturated carbocycles. The van der Waals surface area contributed by atoms with E-state index in [1.807, 2.05) is 25.1 Å². The van der Waals surface area contributed by atoms with Gasteiger partial charge in [0, 0.05) is 11.8 Å². The maximum Gasteiger partial charge on any atom is 0.255 e. The van der Waals surface area contributed by atoms with Crippen molar-refractivity contribution in [3.05, 3.63) is 57.2 Å². The van der Waals surface area contributed by atoms with Gasteiger partial charge in [0.05, 0.1) is 0 Å². The normalized spacial score (nSPS) is 10.3. The molecule has 2 aromatic rings. The summed E-state index contributed by atoms with van der Waals surface area (Å²) in [5, 5.41) is 2.87. The number of nitrogens with one attached hydrogen (secondary N) is 1. The summed E-state index contributed by atoms with van der Waals surface area (Å²) in [7, 11) is 0. The number of carbonyl (C=O) groups excluding carboxylic acids is 1. The highest BCUT2D eigenvalue weighted by Crippen LogP contribution is 2.09. The van der Waals surface area contributed by atoms with Gasteiger partial charge in [-0.3, -0.25) is 14.2 Å². The van der Waals surface area contributed by atoms with Gasteiger partial charge in [0.25, 0.3) is 5.56 Å². The lowest BCUT2D eigenvalue weighted by Gasteiger charge is -2.10. The highest BCUT2D eigenvalue weighted by Gasteiger charge is 2.09. The average Bonchev–Trinajstić information content (AvgIpc) is 2.33. The van der Waals surface area contributed by atoms with Gasteiger partial charge in [-0.05, 0) is 31.5 Å². The number of hydrogen-bond donors (Lipinski definition) is 1. The molecule has 0 unspecified atom stereocenters. The molecule has 5 nitrogen and oxygen atoms in total. The summed E-state index contributed by atoms with van der Waals surface area (Å²) < 4.78 is 1.27. The standard InChI is InChI=1S/C14H14ClN3O2/c1-9-4-3-5-11(6-9)17-13(19)8-18-10(2)16-12(15)7-14(18)20/h3-7H,8H2,1-2H3,(H,17,19). The first-order valence-corrected chi connectivity index (χ1v) is 6.44. The quantitative estimate of drug-likeness (QED) is 0.881. The van der Waals surface area contributed by atoms with E-state index in [1.54, 1.807) is 13.0 Å². The molecule has 0 radical (unpaired) electrons. The van der Waals surface area contributed by atoms with Crippen molar-refractivity contribution < 1.29 is 4.79 Å². The number of benzene rings is 1. The highest BCUT2D eigenvalue weighted by atomic mass is 35.5. The second kappa shape index (κ2) is 5.88. The fourth-order valence-corrected chi connectivity index (χ4v) is 2.06. The number of aromatic nitrogens is 2. The molecule has 1 aromatic carbocycles. The van der Waals surface area contributed by atoms with Crippen LogP contribution in [0.4, 0.5) is 5.69 Å². The number of carbonyl (C=O) groups is 1. The first-order chi connectivity index (χ1) is 9.45. The van der Waals surface area contributed by atoms with Gasteiger partial charge < -0.3 is 5.32 Å². The molecule has 1 heterocycles. The van der Waals surface area contributed by atoms with E-state index >= 15 is 0 Å². The largest absolute Gasteiger partial charge is 0.325 e. The molecule has 6 heteroatoms. The molecule has 1 amide bonds. The Balaban J connectivity index is 2.15. The maximum atomic E-state index is 12.0. The van der Waals surface area contributed by atoms with Crippen LogP contribution in [0.1, 0.15) is 11.4 Å². The minimum absolute atomic E-state index is 0.0945. The number of hydrogen-bond acceptors (Lipinski definition) is 3. The molecule has 0 bridgehead atoms. The number of anilines is 1. The average molecular weight is 292 g/mol. The van der Waals surface area contributed by atoms with Crippen LogP contribution < -0.4 is 10.9 Å². The van der Waals surface area contributed by atoms with Gasteiger partial charge in [0.2, 0.25) is 5.91 Å². The zero-order valence-electron chi connectivity index (χ0n) is 11.2. The van der Waals surface area contributed by atoms with Crippen molar-refractivity contribution in [1.82, 2.24) is 9.55 Å². The Morgan fingerprint density at radius 2 is 2.10 bits per heavy atom. The summed E-state index contributed by atoms with van der Waals surface area (Å²) in [5.41, 5.74) is 1.40. The molecule has 0 saturated heterocycles. The molecule has 0 aliphatic carbocycles. The predicted molar refractivity (Wildman–Crippen MR) is 78.1 cm³/mol. The van der Waals surface area contributed by atoms with E-state index in [2.05, 4.69) is 10.3 Å². The van der Waals surface area contributed by atoms with Crippen LogP contribution in [0.25, 0.3) is 0 Å². The van der Waals surface area contributed by atoms with Crippen molar-refractivity contribution in [3.63, 3.8) is 0 Å². The van der Waals surface area contributed by atoms with E-state index in [-0.39, 0.29) is 23.2 Å². The van der Waals surface area contributed by atoms with Crippen LogP contribution in [-0.2, 0) is 11.3 Å². The van der Waals surface area contributed by atoms with Crippen molar-refractivity contribution in [2.45, 2.75) is 20.4 Å². The van der Waals surface area contributed by atoms with Gasteiger partial charge in [-0.15, -0.1) is 0 Å². The third kappa shape index (κ3) is 3.45. The topological polar surface area (TPSA) is 64.0 Å². The SMILES string of the molecule is Cc1cccc(NC(=O)Cn2c(C)nc(Cl)cc2=O)c1. The van der Waals surface area contributed by atoms with Crippen molar-refractivity contribution in [2.75, 3.05) is 5.32 Å². The molecule has 0 aliphatic heterocycles. The number of rotatable bonds is 3. The molecule has 0 aliphatic rings. The second-order valence-corrected chi connectivity index (χ2v) is 4.86. The van der Waals surface area contributed by atoms with E-state index in [1.165, 1.54) is 10.6 Å². The lowest BCUT2D eigenvalue weighted by Crippen LogP contribution is -2.29. The fraction of sp³-hybridized carbons (Fsp3) is 0.214. The summed E-state index contributed by atoms with van der Waals surface area (Å²) in [6.07, 6.45) is 0. The van der Waals surface area contributed by atoms with Crippen LogP contribution >= 0.6 is 11.6 Å². The van der Waals surface area contributed by atoms with Crippen molar-refractivity contribution in [3.8, 4) is 0 Å². The van der Waals surface area contributed by atoms with Crippen molar-refractivity contribution in [2.24, 2.45) is 0 Å². The first-order valence-electron chi connectivity index (χ1n) is 6.06. The summed E-state index contributed by atoms with van der Waals surface area (Å²) in [4.78, 5) is 27.7. The zero-order valence-corrected chi connectivity index (χ0v) is 11.9. The number of amides is 1. The Kier molecular flexibility index (Phi) is 4.20. The van der Waals surface area contributed by atoms with Gasteiger partial charge in [0.15, 0.2) is 0 Å². The van der Waals surface area contributed by atoms with E-state index in [4.69, 9.17) is 11.6 Å². The third-order valence-electron chi connectivity index (χ3n) is 2.77. The summed E-state index contributed by atoms with van der Waals surface area (Å²) in [6.45, 7) is 3.48. The summed E-state index contributed by atoms with van der Waals surface area (Å²) in [6, 6.07) is 8.63. The van der Waals surface area contributed by atoms with Crippen LogP contribution in [0.2, 0.25) is 5.15 Å². The molecule has 1 N–H and O–H groups in total. The number of nitrogens with zero attached hydrogens (tertiary/aromatic N) is 2. The Labute approximate surface area is 121 Å². The van der Waals surface area contributed by atoms with Crippen LogP contribution in [0.5, 0.6) is 0 Å². The maximum absolute atomic E-state index is 12.0. The smallest absolute Gasteiger partial charge is 0.255 e. The van der Waals surface area contributed by atoms with Gasteiger partial charge >= 0.3 is 0 Å². The molecule has 0 fully saturated rings. The fourth-order valence-electron chi connectivity index (χ4n) is 1.85. The second-order valence-electron chi connectivity index (χ2n) is 4.47. The van der Waals surface area contributed by atoms with Gasteiger partial charge in [-0.25, -0.2) is 4.98 Å². The third-order valence-corrected chi connectivity index (χ3v) is 2.97. The van der Waals surface area contributed by atoms with Crippen LogP contribution in [0.15, 0.2) is 35.1 Å². The Morgan fingerprint density at radius 3 is 2.75 bits per heavy atom. The van der Waals surface area contributed by atoms with Crippen molar-refractivity contribution in [1.29, 1.82) is 0 Å². The number of halogens is 1. The Hall–Kier alpha value is -2.14. The summed E-state index contributed by atoms with van der Waals surface area (Å²) in [5.74, 6) is 0.117. The van der Waals surface area contributed by atoms with Crippen molar-refractivity contribution >= 4 is 23.2 Å². The molecule has 20 heavy (non-hydrogen) atoms. The summed E-state index contributed by atoms with van der Waals surface area (Å²) >= 11 is 5.68. The van der Waals surface area contributed by atoms with Gasteiger partial charge in [-0.2, -0.15) is 0 Å². The minimum atomic E-state index is -0.345. The molecule has 104 valence electrons. The van der Waals surface area contributed by atoms with Gasteiger partial charge in [-0.1, -0.05) is 23.7 Å². The molecule has 0 atom stereocenters. The van der Waals surface area contributed by atoms with Crippen LogP contribution in [0, 0.1) is 13.8 Å². The van der Waals surface area contributed by atoms with E-state index in [0.29, 0.717) is 11.5 Å². The van der Waals surface area contributed by atoms with E-state index in [0.717, 1.165) is 5.56 Å². The Morgan fingerprint density at radius 1 is 1.35 bits per heavy atom. The van der Waals surface area contributed by atoms with Crippen LogP contribution in [-0.4, -0.2) is 15.5 Å². The Bertz CT molecular complexity index is 710. The highest BCUT2D eigenvalue weighted by molar-refractivity contribution is 6.29. The first kappa shape index (κ1) is 14.3. The van der Waals surface area contributed by atoms with E-state index in [9.17, 15) is 9.59 Å². The molecule has 0 spiro atoms. The number of aryl methyl sites for hydroxylation is 2.